The van der Waals surface area contributed by atoms with Crippen LogP contribution in [0.15, 0.2) is 42.5 Å². The molecule has 2 aromatic rings. The number of ether oxygens (including phenoxy) is 2. The van der Waals surface area contributed by atoms with Crippen molar-refractivity contribution in [3.63, 3.8) is 0 Å². The number of amides is 1. The maximum absolute atomic E-state index is 13.2. The van der Waals surface area contributed by atoms with Crippen LogP contribution in [-0.2, 0) is 4.79 Å². The summed E-state index contributed by atoms with van der Waals surface area (Å²) in [5.41, 5.74) is 8.84. The Hall–Kier alpha value is -2.91. The van der Waals surface area contributed by atoms with Crippen LogP contribution in [-0.4, -0.2) is 37.9 Å². The summed E-state index contributed by atoms with van der Waals surface area (Å²) in [4.78, 5) is 14.6. The van der Waals surface area contributed by atoms with Crippen LogP contribution >= 0.6 is 0 Å². The van der Waals surface area contributed by atoms with Gasteiger partial charge in [-0.05, 0) is 36.2 Å². The third-order valence-electron chi connectivity index (χ3n) is 5.45. The van der Waals surface area contributed by atoms with Gasteiger partial charge in [-0.15, -0.1) is 8.78 Å². The Morgan fingerprint density at radius 2 is 1.76 bits per heavy atom. The molecule has 29 heavy (non-hydrogen) atoms. The van der Waals surface area contributed by atoms with Crippen molar-refractivity contribution in [2.24, 2.45) is 0 Å². The molecule has 7 nitrogen and oxygen atoms in total. The lowest BCUT2D eigenvalue weighted by Crippen LogP contribution is -2.33. The molecule has 2 aromatic carbocycles. The van der Waals surface area contributed by atoms with E-state index in [1.165, 1.54) is 17.7 Å². The van der Waals surface area contributed by atoms with Crippen molar-refractivity contribution in [2.75, 3.05) is 29.9 Å². The number of benzene rings is 2. The van der Waals surface area contributed by atoms with Gasteiger partial charge in [0.05, 0.1) is 0 Å². The van der Waals surface area contributed by atoms with Gasteiger partial charge in [0.25, 0.3) is 0 Å². The SMILES string of the molecule is O=C1C(Nc2ccc3c(c2)OC(F)(F)O3)CCN1c1ccc(C2CNNC2)cc1. The summed E-state index contributed by atoms with van der Waals surface area (Å²) in [5, 5.41) is 3.12. The predicted molar refractivity (Wildman–Crippen MR) is 102 cm³/mol. The van der Waals surface area contributed by atoms with Gasteiger partial charge in [0, 0.05) is 43.0 Å². The van der Waals surface area contributed by atoms with Gasteiger partial charge in [0.15, 0.2) is 11.5 Å². The number of anilines is 2. The minimum Gasteiger partial charge on any atom is -0.395 e. The number of fused-ring (bicyclic) bond motifs is 1. The van der Waals surface area contributed by atoms with Gasteiger partial charge < -0.3 is 19.7 Å². The lowest BCUT2D eigenvalue weighted by Gasteiger charge is -2.19. The number of hydrogen-bond acceptors (Lipinski definition) is 6. The molecule has 0 spiro atoms. The number of hydrazine groups is 1. The highest BCUT2D eigenvalue weighted by Gasteiger charge is 2.43. The summed E-state index contributed by atoms with van der Waals surface area (Å²) in [6, 6.07) is 12.0. The van der Waals surface area contributed by atoms with E-state index in [0.717, 1.165) is 18.8 Å². The van der Waals surface area contributed by atoms with Crippen molar-refractivity contribution in [1.82, 2.24) is 10.9 Å². The summed E-state index contributed by atoms with van der Waals surface area (Å²) < 4.78 is 35.2. The number of alkyl halides is 2. The highest BCUT2D eigenvalue weighted by molar-refractivity contribution is 6.01. The van der Waals surface area contributed by atoms with Gasteiger partial charge >= 0.3 is 6.29 Å². The average molecular weight is 402 g/mol. The van der Waals surface area contributed by atoms with Gasteiger partial charge in [-0.3, -0.25) is 15.6 Å². The smallest absolute Gasteiger partial charge is 0.395 e. The highest BCUT2D eigenvalue weighted by atomic mass is 19.3. The molecule has 0 radical (unpaired) electrons. The first-order valence-electron chi connectivity index (χ1n) is 9.52. The van der Waals surface area contributed by atoms with Crippen molar-refractivity contribution in [3.05, 3.63) is 48.0 Å². The molecule has 1 amide bonds. The lowest BCUT2D eigenvalue weighted by atomic mass is 10.00. The molecule has 0 aromatic heterocycles. The molecule has 2 fully saturated rings. The number of hydrogen-bond donors (Lipinski definition) is 3. The van der Waals surface area contributed by atoms with E-state index in [4.69, 9.17) is 0 Å². The van der Waals surface area contributed by atoms with Crippen molar-refractivity contribution >= 4 is 17.3 Å². The van der Waals surface area contributed by atoms with Crippen LogP contribution in [0.25, 0.3) is 0 Å². The molecule has 0 saturated carbocycles. The van der Waals surface area contributed by atoms with Gasteiger partial charge in [-0.1, -0.05) is 12.1 Å². The highest BCUT2D eigenvalue weighted by Crippen LogP contribution is 2.42. The fraction of sp³-hybridized carbons (Fsp3) is 0.350. The van der Waals surface area contributed by atoms with E-state index in [0.29, 0.717) is 24.6 Å². The predicted octanol–water partition coefficient (Wildman–Crippen LogP) is 2.42. The summed E-state index contributed by atoms with van der Waals surface area (Å²) in [6.07, 6.45) is -3.04. The zero-order chi connectivity index (χ0) is 20.0. The maximum Gasteiger partial charge on any atom is 0.586 e. The standard InChI is InChI=1S/C20H20F2N4O3/c21-20(22)28-17-6-3-14(9-18(17)29-20)25-16-7-8-26(19(16)27)15-4-1-12(2-5-15)13-10-23-24-11-13/h1-6,9,13,16,23-25H,7-8,10-11H2. The van der Waals surface area contributed by atoms with Gasteiger partial charge in [0.2, 0.25) is 5.91 Å². The summed E-state index contributed by atoms with van der Waals surface area (Å²) in [7, 11) is 0. The molecule has 3 aliphatic rings. The Bertz CT molecular complexity index is 932. The topological polar surface area (TPSA) is 74.9 Å². The van der Waals surface area contributed by atoms with Crippen molar-refractivity contribution in [3.8, 4) is 11.5 Å². The van der Waals surface area contributed by atoms with Crippen molar-refractivity contribution < 1.29 is 23.0 Å². The Morgan fingerprint density at radius 1 is 1.03 bits per heavy atom. The molecule has 0 aliphatic carbocycles. The quantitative estimate of drug-likeness (QED) is 0.730. The molecule has 3 N–H and O–H groups in total. The molecule has 3 heterocycles. The first kappa shape index (κ1) is 18.1. The normalized spacial score (nSPS) is 23.0. The second-order valence-corrected chi connectivity index (χ2v) is 7.35. The van der Waals surface area contributed by atoms with Crippen LogP contribution in [0.2, 0.25) is 0 Å². The van der Waals surface area contributed by atoms with E-state index >= 15 is 0 Å². The second kappa shape index (κ2) is 6.85. The monoisotopic (exact) mass is 402 g/mol. The lowest BCUT2D eigenvalue weighted by molar-refractivity contribution is -0.286. The van der Waals surface area contributed by atoms with Gasteiger partial charge in [0.1, 0.15) is 6.04 Å². The van der Waals surface area contributed by atoms with Crippen molar-refractivity contribution in [2.45, 2.75) is 24.7 Å². The van der Waals surface area contributed by atoms with E-state index in [-0.39, 0.29) is 17.4 Å². The maximum atomic E-state index is 13.2. The first-order valence-corrected chi connectivity index (χ1v) is 9.52. The van der Waals surface area contributed by atoms with Gasteiger partial charge in [-0.25, -0.2) is 0 Å². The number of nitrogens with one attached hydrogen (secondary N) is 3. The fourth-order valence-corrected chi connectivity index (χ4v) is 3.94. The van der Waals surface area contributed by atoms with Crippen LogP contribution in [0.1, 0.15) is 17.9 Å². The summed E-state index contributed by atoms with van der Waals surface area (Å²) in [6.45, 7) is 2.36. The second-order valence-electron chi connectivity index (χ2n) is 7.35. The van der Waals surface area contributed by atoms with E-state index < -0.39 is 12.3 Å². The Kier molecular flexibility index (Phi) is 4.29. The number of carbonyl (C=O) groups excluding carboxylic acids is 1. The van der Waals surface area contributed by atoms with Crippen LogP contribution < -0.4 is 30.5 Å². The van der Waals surface area contributed by atoms with E-state index in [2.05, 4.69) is 37.8 Å². The summed E-state index contributed by atoms with van der Waals surface area (Å²) >= 11 is 0. The van der Waals surface area contributed by atoms with Crippen LogP contribution in [0.5, 0.6) is 11.5 Å². The number of carbonyl (C=O) groups is 1. The molecule has 9 heteroatoms. The molecule has 3 aliphatic heterocycles. The largest absolute Gasteiger partial charge is 0.586 e. The summed E-state index contributed by atoms with van der Waals surface area (Å²) in [5.74, 6) is 0.303. The van der Waals surface area contributed by atoms with E-state index in [9.17, 15) is 13.6 Å². The minimum atomic E-state index is -3.66. The van der Waals surface area contributed by atoms with Crippen LogP contribution in [0.4, 0.5) is 20.2 Å². The fourth-order valence-electron chi connectivity index (χ4n) is 3.94. The number of halogens is 2. The Labute approximate surface area is 165 Å². The molecule has 1 unspecified atom stereocenters. The van der Waals surface area contributed by atoms with Crippen LogP contribution in [0, 0.1) is 0 Å². The number of nitrogens with zero attached hydrogens (tertiary/aromatic N) is 1. The molecule has 152 valence electrons. The Morgan fingerprint density at radius 3 is 2.52 bits per heavy atom. The molecule has 5 rings (SSSR count). The first-order chi connectivity index (χ1) is 14.0. The van der Waals surface area contributed by atoms with Crippen LogP contribution in [0.3, 0.4) is 0 Å². The zero-order valence-corrected chi connectivity index (χ0v) is 15.5. The molecule has 1 atom stereocenters. The van der Waals surface area contributed by atoms with Crippen molar-refractivity contribution in [1.29, 1.82) is 0 Å². The number of rotatable bonds is 4. The third kappa shape index (κ3) is 3.47. The molecular weight excluding hydrogens is 382 g/mol. The molecule has 2 saturated heterocycles. The van der Waals surface area contributed by atoms with E-state index in [1.807, 2.05) is 12.1 Å². The average Bonchev–Trinajstić information content (AvgIpc) is 3.41. The van der Waals surface area contributed by atoms with E-state index in [1.54, 1.807) is 11.0 Å². The Balaban J connectivity index is 1.26. The molecule has 0 bridgehead atoms. The third-order valence-corrected chi connectivity index (χ3v) is 5.45. The zero-order valence-electron chi connectivity index (χ0n) is 15.5. The van der Waals surface area contributed by atoms with Gasteiger partial charge in [-0.2, -0.15) is 0 Å². The molecular formula is C20H20F2N4O3. The minimum absolute atomic E-state index is 0.0207.